The predicted octanol–water partition coefficient (Wildman–Crippen LogP) is 3.50. The molecule has 1 saturated heterocycles. The van der Waals surface area contributed by atoms with E-state index in [1.165, 1.54) is 44.9 Å². The molecule has 1 aliphatic carbocycles. The first-order chi connectivity index (χ1) is 9.31. The topological polar surface area (TPSA) is 39.9 Å². The maximum atomic E-state index is 8.93. The van der Waals surface area contributed by atoms with E-state index in [0.717, 1.165) is 18.9 Å². The average molecular weight is 255 g/mol. The van der Waals surface area contributed by atoms with Gasteiger partial charge in [0.15, 0.2) is 0 Å². The van der Waals surface area contributed by atoms with Crippen LogP contribution in [0.3, 0.4) is 0 Å². The summed E-state index contributed by atoms with van der Waals surface area (Å²) in [5, 5.41) is 8.93. The Balaban J connectivity index is 1.68. The van der Waals surface area contributed by atoms with Crippen molar-refractivity contribution in [1.29, 1.82) is 5.26 Å². The highest BCUT2D eigenvalue weighted by Gasteiger charge is 2.35. The summed E-state index contributed by atoms with van der Waals surface area (Å²) in [7, 11) is 0. The molecular weight excluding hydrogens is 234 g/mol. The summed E-state index contributed by atoms with van der Waals surface area (Å²) in [4.78, 5) is 6.76. The molecule has 2 aliphatic rings. The van der Waals surface area contributed by atoms with Gasteiger partial charge in [0.2, 0.25) is 0 Å². The molecule has 100 valence electrons. The van der Waals surface area contributed by atoms with Crippen molar-refractivity contribution in [3.05, 3.63) is 23.9 Å². The van der Waals surface area contributed by atoms with Gasteiger partial charge in [0.25, 0.3) is 0 Å². The van der Waals surface area contributed by atoms with E-state index in [2.05, 4.69) is 16.0 Å². The van der Waals surface area contributed by atoms with E-state index < -0.39 is 0 Å². The zero-order chi connectivity index (χ0) is 13.1. The van der Waals surface area contributed by atoms with Crippen LogP contribution in [-0.2, 0) is 0 Å². The number of nitrogens with zero attached hydrogens (tertiary/aromatic N) is 3. The van der Waals surface area contributed by atoms with Crippen molar-refractivity contribution in [3.63, 3.8) is 0 Å². The maximum absolute atomic E-state index is 8.93. The fraction of sp³-hybridized carbons (Fsp3) is 0.625. The Morgan fingerprint density at radius 3 is 2.47 bits per heavy atom. The molecule has 3 rings (SSSR count). The Bertz CT molecular complexity index is 473. The van der Waals surface area contributed by atoms with Gasteiger partial charge in [-0.25, -0.2) is 4.98 Å². The van der Waals surface area contributed by atoms with Crippen LogP contribution in [0.1, 0.15) is 50.6 Å². The van der Waals surface area contributed by atoms with Crippen LogP contribution >= 0.6 is 0 Å². The van der Waals surface area contributed by atoms with Crippen molar-refractivity contribution < 1.29 is 0 Å². The highest BCUT2D eigenvalue weighted by molar-refractivity contribution is 5.42. The van der Waals surface area contributed by atoms with Crippen LogP contribution in [0, 0.1) is 16.7 Å². The summed E-state index contributed by atoms with van der Waals surface area (Å²) in [6.45, 7) is 2.20. The molecule has 0 atom stereocenters. The van der Waals surface area contributed by atoms with E-state index >= 15 is 0 Å². The molecule has 1 aromatic rings. The van der Waals surface area contributed by atoms with E-state index in [1.807, 2.05) is 12.1 Å². The molecule has 19 heavy (non-hydrogen) atoms. The van der Waals surface area contributed by atoms with Gasteiger partial charge in [-0.1, -0.05) is 25.3 Å². The number of anilines is 1. The SMILES string of the molecule is N#Cc1cccc(N2CCC3(CCCCC3)CC2)n1. The minimum atomic E-state index is 0.524. The summed E-state index contributed by atoms with van der Waals surface area (Å²) in [6.07, 6.45) is 9.71. The highest BCUT2D eigenvalue weighted by Crippen LogP contribution is 2.44. The lowest BCUT2D eigenvalue weighted by Crippen LogP contribution is -2.41. The van der Waals surface area contributed by atoms with E-state index in [9.17, 15) is 0 Å². The summed E-state index contributed by atoms with van der Waals surface area (Å²) < 4.78 is 0. The lowest BCUT2D eigenvalue weighted by Gasteiger charge is -2.44. The van der Waals surface area contributed by atoms with Gasteiger partial charge in [0, 0.05) is 13.1 Å². The monoisotopic (exact) mass is 255 g/mol. The van der Waals surface area contributed by atoms with E-state index in [1.54, 1.807) is 6.07 Å². The van der Waals surface area contributed by atoms with Gasteiger partial charge in [-0.2, -0.15) is 5.26 Å². The second-order valence-electron chi connectivity index (χ2n) is 6.04. The van der Waals surface area contributed by atoms with Gasteiger partial charge >= 0.3 is 0 Å². The molecule has 1 aromatic heterocycles. The van der Waals surface area contributed by atoms with E-state index in [0.29, 0.717) is 11.1 Å². The number of hydrogen-bond donors (Lipinski definition) is 0. The van der Waals surface area contributed by atoms with Crippen molar-refractivity contribution in [1.82, 2.24) is 4.98 Å². The van der Waals surface area contributed by atoms with Crippen molar-refractivity contribution in [2.45, 2.75) is 44.9 Å². The molecule has 0 amide bonds. The van der Waals surface area contributed by atoms with Gasteiger partial charge in [0.1, 0.15) is 17.6 Å². The molecular formula is C16H21N3. The summed E-state index contributed by atoms with van der Waals surface area (Å²) in [6, 6.07) is 7.86. The molecule has 1 saturated carbocycles. The number of aromatic nitrogens is 1. The lowest BCUT2D eigenvalue weighted by atomic mass is 9.68. The van der Waals surface area contributed by atoms with E-state index in [4.69, 9.17) is 5.26 Å². The summed E-state index contributed by atoms with van der Waals surface area (Å²) >= 11 is 0. The van der Waals surface area contributed by atoms with Crippen LogP contribution in [0.25, 0.3) is 0 Å². The molecule has 0 unspecified atom stereocenters. The Kier molecular flexibility index (Phi) is 3.42. The van der Waals surface area contributed by atoms with Gasteiger partial charge in [-0.3, -0.25) is 0 Å². The molecule has 0 N–H and O–H groups in total. The fourth-order valence-corrected chi connectivity index (χ4v) is 3.67. The molecule has 3 heteroatoms. The largest absolute Gasteiger partial charge is 0.357 e. The number of pyridine rings is 1. The van der Waals surface area contributed by atoms with E-state index in [-0.39, 0.29) is 0 Å². The third kappa shape index (κ3) is 2.58. The molecule has 0 radical (unpaired) electrons. The minimum absolute atomic E-state index is 0.524. The van der Waals surface area contributed by atoms with Gasteiger partial charge in [-0.05, 0) is 43.2 Å². The Hall–Kier alpha value is -1.56. The van der Waals surface area contributed by atoms with Crippen LogP contribution in [0.5, 0.6) is 0 Å². The van der Waals surface area contributed by atoms with Crippen molar-refractivity contribution in [2.75, 3.05) is 18.0 Å². The fourth-order valence-electron chi connectivity index (χ4n) is 3.67. The van der Waals surface area contributed by atoms with Crippen molar-refractivity contribution in [2.24, 2.45) is 5.41 Å². The number of nitriles is 1. The second-order valence-corrected chi connectivity index (χ2v) is 6.04. The maximum Gasteiger partial charge on any atom is 0.142 e. The minimum Gasteiger partial charge on any atom is -0.357 e. The predicted molar refractivity (Wildman–Crippen MR) is 75.9 cm³/mol. The van der Waals surface area contributed by atoms with Gasteiger partial charge in [-0.15, -0.1) is 0 Å². The smallest absolute Gasteiger partial charge is 0.142 e. The first-order valence-corrected chi connectivity index (χ1v) is 7.44. The molecule has 2 heterocycles. The van der Waals surface area contributed by atoms with Crippen LogP contribution in [-0.4, -0.2) is 18.1 Å². The molecule has 0 aromatic carbocycles. The first kappa shape index (κ1) is 12.5. The molecule has 2 fully saturated rings. The quantitative estimate of drug-likeness (QED) is 0.771. The Morgan fingerprint density at radius 2 is 1.79 bits per heavy atom. The zero-order valence-corrected chi connectivity index (χ0v) is 11.4. The lowest BCUT2D eigenvalue weighted by molar-refractivity contribution is 0.144. The first-order valence-electron chi connectivity index (χ1n) is 7.44. The zero-order valence-electron chi connectivity index (χ0n) is 11.4. The van der Waals surface area contributed by atoms with Gasteiger partial charge in [0.05, 0.1) is 0 Å². The van der Waals surface area contributed by atoms with Crippen molar-refractivity contribution >= 4 is 5.82 Å². The molecule has 1 spiro atoms. The van der Waals surface area contributed by atoms with Crippen LogP contribution in [0.4, 0.5) is 5.82 Å². The van der Waals surface area contributed by atoms with Crippen LogP contribution in [0.15, 0.2) is 18.2 Å². The standard InChI is InChI=1S/C16H21N3/c17-13-14-5-4-6-15(18-14)19-11-9-16(10-12-19)7-2-1-3-8-16/h4-6H,1-3,7-12H2. The van der Waals surface area contributed by atoms with Crippen molar-refractivity contribution in [3.8, 4) is 6.07 Å². The summed E-state index contributed by atoms with van der Waals surface area (Å²) in [5.41, 5.74) is 1.15. The third-order valence-electron chi connectivity index (χ3n) is 4.91. The van der Waals surface area contributed by atoms with Gasteiger partial charge < -0.3 is 4.90 Å². The molecule has 1 aliphatic heterocycles. The number of piperidine rings is 1. The van der Waals surface area contributed by atoms with Crippen LogP contribution < -0.4 is 4.90 Å². The number of rotatable bonds is 1. The third-order valence-corrected chi connectivity index (χ3v) is 4.91. The Morgan fingerprint density at radius 1 is 1.05 bits per heavy atom. The second kappa shape index (κ2) is 5.21. The highest BCUT2D eigenvalue weighted by atomic mass is 15.2. The molecule has 3 nitrogen and oxygen atoms in total. The number of hydrogen-bond acceptors (Lipinski definition) is 3. The Labute approximate surface area is 115 Å². The normalized spacial score (nSPS) is 22.2. The summed E-state index contributed by atoms with van der Waals surface area (Å²) in [5.74, 6) is 0.977. The molecule has 0 bridgehead atoms. The average Bonchev–Trinajstić information content (AvgIpc) is 2.49. The van der Waals surface area contributed by atoms with Crippen LogP contribution in [0.2, 0.25) is 0 Å².